The number of aromatic nitrogens is 2. The number of fused-ring (bicyclic) bond motifs is 1. The minimum absolute atomic E-state index is 0.0127. The summed E-state index contributed by atoms with van der Waals surface area (Å²) < 4.78 is 5.67. The van der Waals surface area contributed by atoms with Crippen molar-refractivity contribution in [1.29, 1.82) is 0 Å². The van der Waals surface area contributed by atoms with Crippen molar-refractivity contribution in [2.45, 2.75) is 25.4 Å². The molecule has 6 heteroatoms. The van der Waals surface area contributed by atoms with Crippen LogP contribution in [0.3, 0.4) is 0 Å². The van der Waals surface area contributed by atoms with Crippen molar-refractivity contribution >= 4 is 17.7 Å². The van der Waals surface area contributed by atoms with E-state index < -0.39 is 5.97 Å². The lowest BCUT2D eigenvalue weighted by Gasteiger charge is -2.24. The van der Waals surface area contributed by atoms with Crippen LogP contribution >= 0.6 is 11.8 Å². The molecule has 5 nitrogen and oxygen atoms in total. The second-order valence-corrected chi connectivity index (χ2v) is 6.06. The van der Waals surface area contributed by atoms with Crippen LogP contribution in [0.4, 0.5) is 0 Å². The molecule has 0 bridgehead atoms. The molecule has 19 heavy (non-hydrogen) atoms. The number of carboxylic acids is 1. The Balaban J connectivity index is 1.79. The molecule has 1 saturated heterocycles. The van der Waals surface area contributed by atoms with E-state index in [1.165, 1.54) is 0 Å². The summed E-state index contributed by atoms with van der Waals surface area (Å²) in [5.41, 5.74) is 1.98. The zero-order valence-electron chi connectivity index (χ0n) is 10.5. The summed E-state index contributed by atoms with van der Waals surface area (Å²) in [6, 6.07) is 0. The molecule has 0 radical (unpaired) electrons. The summed E-state index contributed by atoms with van der Waals surface area (Å²) in [6.45, 7) is 0.747. The number of hydrogen-bond acceptors (Lipinski definition) is 5. The molecule has 2 heterocycles. The van der Waals surface area contributed by atoms with Gasteiger partial charge in [0, 0.05) is 23.4 Å². The molecule has 1 aromatic rings. The zero-order chi connectivity index (χ0) is 13.2. The lowest BCUT2D eigenvalue weighted by atomic mass is 9.87. The number of aryl methyl sites for hydroxylation is 1. The first kappa shape index (κ1) is 12.9. The summed E-state index contributed by atoms with van der Waals surface area (Å²) in [5, 5.41) is 9.06. The third-order valence-corrected chi connectivity index (χ3v) is 4.62. The molecule has 2 unspecified atom stereocenters. The highest BCUT2D eigenvalue weighted by Gasteiger charge is 2.27. The first-order valence-electron chi connectivity index (χ1n) is 6.51. The Morgan fingerprint density at radius 1 is 1.53 bits per heavy atom. The van der Waals surface area contributed by atoms with E-state index in [4.69, 9.17) is 9.84 Å². The van der Waals surface area contributed by atoms with E-state index in [9.17, 15) is 4.79 Å². The van der Waals surface area contributed by atoms with E-state index in [1.807, 2.05) is 11.8 Å². The third-order valence-electron chi connectivity index (χ3n) is 3.62. The normalized spacial score (nSPS) is 26.7. The van der Waals surface area contributed by atoms with Gasteiger partial charge in [-0.05, 0) is 24.8 Å². The second-order valence-electron chi connectivity index (χ2n) is 4.91. The molecule has 0 aromatic carbocycles. The summed E-state index contributed by atoms with van der Waals surface area (Å²) >= 11 is 1.86. The van der Waals surface area contributed by atoms with Gasteiger partial charge in [-0.2, -0.15) is 11.8 Å². The van der Waals surface area contributed by atoms with E-state index in [1.54, 1.807) is 6.20 Å². The first-order valence-corrected chi connectivity index (χ1v) is 7.66. The predicted octanol–water partition coefficient (Wildman–Crippen LogP) is 1.47. The Morgan fingerprint density at radius 2 is 2.42 bits per heavy atom. The number of rotatable bonds is 2. The second kappa shape index (κ2) is 5.46. The molecular formula is C13H16N2O3S. The zero-order valence-corrected chi connectivity index (χ0v) is 11.4. The van der Waals surface area contributed by atoms with E-state index in [2.05, 4.69) is 9.97 Å². The average molecular weight is 280 g/mol. The number of aliphatic carboxylic acids is 1. The van der Waals surface area contributed by atoms with Gasteiger partial charge in [-0.15, -0.1) is 0 Å². The molecule has 3 rings (SSSR count). The Labute approximate surface area is 115 Å². The van der Waals surface area contributed by atoms with Gasteiger partial charge in [0.15, 0.2) is 5.82 Å². The van der Waals surface area contributed by atoms with Gasteiger partial charge < -0.3 is 9.84 Å². The van der Waals surface area contributed by atoms with Crippen LogP contribution in [0.5, 0.6) is 0 Å². The minimum Gasteiger partial charge on any atom is -0.481 e. The van der Waals surface area contributed by atoms with Crippen molar-refractivity contribution in [1.82, 2.24) is 9.97 Å². The highest BCUT2D eigenvalue weighted by atomic mass is 32.2. The summed E-state index contributed by atoms with van der Waals surface area (Å²) in [7, 11) is 0. The lowest BCUT2D eigenvalue weighted by molar-refractivity contribution is -0.142. The highest BCUT2D eigenvalue weighted by molar-refractivity contribution is 7.99. The molecule has 0 saturated carbocycles. The Bertz CT molecular complexity index is 489. The Hall–Kier alpha value is -1.14. The van der Waals surface area contributed by atoms with Gasteiger partial charge in [-0.3, -0.25) is 4.79 Å². The number of thioether (sulfide) groups is 1. The van der Waals surface area contributed by atoms with E-state index in [0.29, 0.717) is 12.8 Å². The molecule has 1 fully saturated rings. The number of ether oxygens (including phenoxy) is 1. The molecule has 1 aliphatic carbocycles. The van der Waals surface area contributed by atoms with Crippen LogP contribution in [-0.2, 0) is 22.4 Å². The maximum Gasteiger partial charge on any atom is 0.306 e. The van der Waals surface area contributed by atoms with E-state index in [0.717, 1.165) is 41.6 Å². The SMILES string of the molecule is O=C(O)C1CCc2nc(C3CSCCO3)ncc2C1. The fraction of sp³-hybridized carbons (Fsp3) is 0.615. The number of nitrogens with zero attached hydrogens (tertiary/aromatic N) is 2. The van der Waals surface area contributed by atoms with Crippen molar-refractivity contribution in [3.63, 3.8) is 0 Å². The van der Waals surface area contributed by atoms with Gasteiger partial charge in [-0.25, -0.2) is 9.97 Å². The topological polar surface area (TPSA) is 72.3 Å². The molecule has 1 aliphatic heterocycles. The van der Waals surface area contributed by atoms with Crippen LogP contribution in [0, 0.1) is 5.92 Å². The standard InChI is InChI=1S/C13H16N2O3S/c16-13(17)8-1-2-10-9(5-8)6-14-12(15-10)11-7-19-4-3-18-11/h6,8,11H,1-5,7H2,(H,16,17). The van der Waals surface area contributed by atoms with Gasteiger partial charge >= 0.3 is 5.97 Å². The van der Waals surface area contributed by atoms with Crippen LogP contribution < -0.4 is 0 Å². The summed E-state index contributed by atoms with van der Waals surface area (Å²) in [5.74, 6) is 1.67. The fourth-order valence-corrected chi connectivity index (χ4v) is 3.37. The largest absolute Gasteiger partial charge is 0.481 e. The molecular weight excluding hydrogens is 264 g/mol. The van der Waals surface area contributed by atoms with Crippen molar-refractivity contribution in [3.05, 3.63) is 23.3 Å². The Morgan fingerprint density at radius 3 is 3.16 bits per heavy atom. The van der Waals surface area contributed by atoms with Crippen LogP contribution in [0.2, 0.25) is 0 Å². The highest BCUT2D eigenvalue weighted by Crippen LogP contribution is 2.28. The van der Waals surface area contributed by atoms with Crippen LogP contribution in [0.15, 0.2) is 6.20 Å². The average Bonchev–Trinajstić information content (AvgIpc) is 2.47. The molecule has 1 N–H and O–H groups in total. The van der Waals surface area contributed by atoms with Crippen molar-refractivity contribution in [3.8, 4) is 0 Å². The quantitative estimate of drug-likeness (QED) is 0.884. The minimum atomic E-state index is -0.721. The van der Waals surface area contributed by atoms with Crippen molar-refractivity contribution < 1.29 is 14.6 Å². The van der Waals surface area contributed by atoms with Crippen LogP contribution in [0.1, 0.15) is 29.6 Å². The molecule has 2 aliphatic rings. The smallest absolute Gasteiger partial charge is 0.306 e. The van der Waals surface area contributed by atoms with Crippen molar-refractivity contribution in [2.75, 3.05) is 18.1 Å². The molecule has 102 valence electrons. The van der Waals surface area contributed by atoms with E-state index >= 15 is 0 Å². The molecule has 1 aromatic heterocycles. The molecule has 2 atom stereocenters. The van der Waals surface area contributed by atoms with Gasteiger partial charge in [0.25, 0.3) is 0 Å². The molecule has 0 amide bonds. The molecule has 0 spiro atoms. The number of hydrogen-bond donors (Lipinski definition) is 1. The van der Waals surface area contributed by atoms with Gasteiger partial charge in [0.2, 0.25) is 0 Å². The maximum atomic E-state index is 11.0. The predicted molar refractivity (Wildman–Crippen MR) is 71.2 cm³/mol. The Kier molecular flexibility index (Phi) is 3.70. The lowest BCUT2D eigenvalue weighted by Crippen LogP contribution is -2.25. The van der Waals surface area contributed by atoms with Gasteiger partial charge in [-0.1, -0.05) is 0 Å². The monoisotopic (exact) mass is 280 g/mol. The first-order chi connectivity index (χ1) is 9.24. The summed E-state index contributed by atoms with van der Waals surface area (Å²) in [6.07, 6.45) is 3.71. The van der Waals surface area contributed by atoms with Crippen molar-refractivity contribution in [2.24, 2.45) is 5.92 Å². The summed E-state index contributed by atoms with van der Waals surface area (Å²) in [4.78, 5) is 20.0. The van der Waals surface area contributed by atoms with Crippen LogP contribution in [-0.4, -0.2) is 39.2 Å². The van der Waals surface area contributed by atoms with Gasteiger partial charge in [0.1, 0.15) is 6.10 Å². The number of carboxylic acid groups (broad SMARTS) is 1. The van der Waals surface area contributed by atoms with Gasteiger partial charge in [0.05, 0.1) is 12.5 Å². The van der Waals surface area contributed by atoms with Crippen LogP contribution in [0.25, 0.3) is 0 Å². The third kappa shape index (κ3) is 2.74. The maximum absolute atomic E-state index is 11.0. The van der Waals surface area contributed by atoms with E-state index in [-0.39, 0.29) is 12.0 Å². The number of carbonyl (C=O) groups is 1. The fourth-order valence-electron chi connectivity index (χ4n) is 2.53.